The topological polar surface area (TPSA) is 59.1 Å². The molecule has 0 saturated carbocycles. The smallest absolute Gasteiger partial charge is 0.278 e. The van der Waals surface area contributed by atoms with Crippen molar-refractivity contribution in [1.82, 2.24) is 4.90 Å². The van der Waals surface area contributed by atoms with E-state index in [9.17, 15) is 9.59 Å². The van der Waals surface area contributed by atoms with Gasteiger partial charge in [0.15, 0.2) is 0 Å². The Morgan fingerprint density at radius 1 is 0.875 bits per heavy atom. The van der Waals surface area contributed by atoms with E-state index in [1.165, 1.54) is 4.90 Å². The summed E-state index contributed by atoms with van der Waals surface area (Å²) in [5.41, 5.74) is 2.44. The highest BCUT2D eigenvalue weighted by Crippen LogP contribution is 2.34. The molecule has 1 aliphatic rings. The fourth-order valence-corrected chi connectivity index (χ4v) is 3.76. The molecule has 1 heterocycles. The lowest BCUT2D eigenvalue weighted by atomic mass is 10.0. The van der Waals surface area contributed by atoms with Gasteiger partial charge in [-0.3, -0.25) is 14.5 Å². The first-order valence-electron chi connectivity index (χ1n) is 11.4. The molecule has 0 radical (unpaired) electrons. The van der Waals surface area contributed by atoms with Crippen LogP contribution in [0.4, 0.5) is 5.69 Å². The summed E-state index contributed by atoms with van der Waals surface area (Å²) in [4.78, 5) is 30.2. The molecule has 1 aliphatic heterocycles. The Balaban J connectivity index is 1.99. The van der Waals surface area contributed by atoms with E-state index in [0.717, 1.165) is 17.9 Å². The van der Waals surface area contributed by atoms with Gasteiger partial charge in [-0.05, 0) is 56.5 Å². The van der Waals surface area contributed by atoms with Crippen molar-refractivity contribution in [2.45, 2.75) is 33.6 Å². The maximum Gasteiger partial charge on any atom is 0.278 e. The summed E-state index contributed by atoms with van der Waals surface area (Å²) in [5.74, 6) is 0.218. The summed E-state index contributed by atoms with van der Waals surface area (Å²) < 4.78 is 11.1. The third-order valence-electron chi connectivity index (χ3n) is 5.29. The van der Waals surface area contributed by atoms with E-state index in [0.29, 0.717) is 56.2 Å². The average Bonchev–Trinajstić information content (AvgIpc) is 3.07. The highest BCUT2D eigenvalue weighted by molar-refractivity contribution is 6.36. The highest BCUT2D eigenvalue weighted by atomic mass is 16.5. The fraction of sp³-hybridized carbons (Fsp3) is 0.385. The Kier molecular flexibility index (Phi) is 8.45. The quantitative estimate of drug-likeness (QED) is 0.362. The summed E-state index contributed by atoms with van der Waals surface area (Å²) >= 11 is 0. The Morgan fingerprint density at radius 2 is 1.59 bits per heavy atom. The summed E-state index contributed by atoms with van der Waals surface area (Å²) in [6.07, 6.45) is 1.52. The van der Waals surface area contributed by atoms with Crippen LogP contribution in [0.1, 0.15) is 39.2 Å². The lowest BCUT2D eigenvalue weighted by Gasteiger charge is -2.25. The molecule has 2 aromatic carbocycles. The normalized spacial score (nSPS) is 13.8. The number of rotatable bonds is 12. The number of hydrogen-bond donors (Lipinski definition) is 0. The average molecular weight is 437 g/mol. The van der Waals surface area contributed by atoms with Crippen LogP contribution in [0.5, 0.6) is 5.75 Å². The third kappa shape index (κ3) is 5.19. The van der Waals surface area contributed by atoms with E-state index in [1.807, 2.05) is 73.3 Å². The Hall–Kier alpha value is -3.12. The van der Waals surface area contributed by atoms with Gasteiger partial charge >= 0.3 is 0 Å². The molecule has 0 aliphatic carbocycles. The van der Waals surface area contributed by atoms with Gasteiger partial charge in [-0.1, -0.05) is 37.3 Å². The van der Waals surface area contributed by atoms with E-state index >= 15 is 0 Å². The predicted molar refractivity (Wildman–Crippen MR) is 126 cm³/mol. The molecule has 0 saturated heterocycles. The minimum Gasteiger partial charge on any atom is -0.494 e. The zero-order chi connectivity index (χ0) is 22.9. The maximum atomic E-state index is 13.5. The zero-order valence-electron chi connectivity index (χ0n) is 19.2. The lowest BCUT2D eigenvalue weighted by molar-refractivity contribution is -0.137. The molecule has 2 aromatic rings. The van der Waals surface area contributed by atoms with Gasteiger partial charge in [0, 0.05) is 32.0 Å². The second kappa shape index (κ2) is 11.5. The molecular weight excluding hydrogens is 404 g/mol. The number of likely N-dealkylation sites (N-methyl/N-ethyl adjacent to an activating group) is 1. The van der Waals surface area contributed by atoms with Crippen molar-refractivity contribution in [2.75, 3.05) is 37.8 Å². The van der Waals surface area contributed by atoms with E-state index in [2.05, 4.69) is 6.92 Å². The molecule has 0 aromatic heterocycles. The van der Waals surface area contributed by atoms with E-state index in [1.54, 1.807) is 0 Å². The molecule has 32 heavy (non-hydrogen) atoms. The first-order valence-corrected chi connectivity index (χ1v) is 11.4. The van der Waals surface area contributed by atoms with Crippen LogP contribution in [0, 0.1) is 0 Å². The molecule has 170 valence electrons. The first-order chi connectivity index (χ1) is 15.6. The van der Waals surface area contributed by atoms with E-state index < -0.39 is 0 Å². The number of para-hydroxylation sites is 1. The number of anilines is 1. The van der Waals surface area contributed by atoms with Crippen LogP contribution in [0.25, 0.3) is 5.57 Å². The van der Waals surface area contributed by atoms with Gasteiger partial charge in [0.1, 0.15) is 11.4 Å². The van der Waals surface area contributed by atoms with Gasteiger partial charge < -0.3 is 14.4 Å². The molecule has 0 unspecified atom stereocenters. The molecule has 2 amide bonds. The first kappa shape index (κ1) is 23.5. The SMILES string of the molecule is CCCOc1ccc(C2=C(N(CC)c3ccccc3)C(=O)N(CCCOCC)C2=O)cc1. The molecule has 0 spiro atoms. The van der Waals surface area contributed by atoms with Crippen LogP contribution in [0.3, 0.4) is 0 Å². The fourth-order valence-electron chi connectivity index (χ4n) is 3.76. The minimum absolute atomic E-state index is 0.265. The van der Waals surface area contributed by atoms with Crippen molar-refractivity contribution in [1.29, 1.82) is 0 Å². The lowest BCUT2D eigenvalue weighted by Crippen LogP contribution is -2.36. The second-order valence-electron chi connectivity index (χ2n) is 7.49. The van der Waals surface area contributed by atoms with Gasteiger partial charge in [-0.2, -0.15) is 0 Å². The number of nitrogens with zero attached hydrogens (tertiary/aromatic N) is 2. The standard InChI is InChI=1S/C26H32N2O4/c1-4-18-32-22-15-13-20(14-16-22)23-24(27(5-2)21-11-8-7-9-12-21)26(30)28(25(23)29)17-10-19-31-6-3/h7-9,11-16H,4-6,10,17-19H2,1-3H3. The third-order valence-corrected chi connectivity index (χ3v) is 5.29. The molecular formula is C26H32N2O4. The molecule has 0 bridgehead atoms. The summed E-state index contributed by atoms with van der Waals surface area (Å²) in [5, 5.41) is 0. The second-order valence-corrected chi connectivity index (χ2v) is 7.49. The van der Waals surface area contributed by atoms with Gasteiger partial charge in [-0.25, -0.2) is 0 Å². The van der Waals surface area contributed by atoms with Crippen LogP contribution in [-0.2, 0) is 14.3 Å². The monoisotopic (exact) mass is 436 g/mol. The van der Waals surface area contributed by atoms with Crippen LogP contribution in [-0.4, -0.2) is 49.6 Å². The van der Waals surface area contributed by atoms with Crippen molar-refractivity contribution >= 4 is 23.1 Å². The van der Waals surface area contributed by atoms with Crippen LogP contribution >= 0.6 is 0 Å². The predicted octanol–water partition coefficient (Wildman–Crippen LogP) is 4.51. The van der Waals surface area contributed by atoms with Gasteiger partial charge in [0.05, 0.1) is 12.2 Å². The molecule has 6 heteroatoms. The van der Waals surface area contributed by atoms with Crippen LogP contribution in [0.15, 0.2) is 60.3 Å². The number of carbonyl (C=O) groups is 2. The molecule has 6 nitrogen and oxygen atoms in total. The zero-order valence-corrected chi connectivity index (χ0v) is 19.2. The number of benzene rings is 2. The van der Waals surface area contributed by atoms with Crippen LogP contribution < -0.4 is 9.64 Å². The highest BCUT2D eigenvalue weighted by Gasteiger charge is 2.41. The van der Waals surface area contributed by atoms with Gasteiger partial charge in [0.2, 0.25) is 0 Å². The Bertz CT molecular complexity index is 938. The number of imide groups is 1. The van der Waals surface area contributed by atoms with Crippen molar-refractivity contribution in [3.8, 4) is 5.75 Å². The van der Waals surface area contributed by atoms with Crippen molar-refractivity contribution in [3.63, 3.8) is 0 Å². The molecule has 0 atom stereocenters. The van der Waals surface area contributed by atoms with Gasteiger partial charge in [0.25, 0.3) is 11.8 Å². The maximum absolute atomic E-state index is 13.5. The van der Waals surface area contributed by atoms with Crippen molar-refractivity contribution < 1.29 is 19.1 Å². The molecule has 3 rings (SSSR count). The minimum atomic E-state index is -0.266. The number of carbonyl (C=O) groups excluding carboxylic acids is 2. The Morgan fingerprint density at radius 3 is 2.22 bits per heavy atom. The Labute approximate surface area is 190 Å². The number of amides is 2. The van der Waals surface area contributed by atoms with Crippen molar-refractivity contribution in [3.05, 3.63) is 65.9 Å². The largest absolute Gasteiger partial charge is 0.494 e. The summed E-state index contributed by atoms with van der Waals surface area (Å²) in [6, 6.07) is 17.1. The van der Waals surface area contributed by atoms with Gasteiger partial charge in [-0.15, -0.1) is 0 Å². The summed E-state index contributed by atoms with van der Waals surface area (Å²) in [7, 11) is 0. The van der Waals surface area contributed by atoms with Crippen LogP contribution in [0.2, 0.25) is 0 Å². The number of ether oxygens (including phenoxy) is 2. The summed E-state index contributed by atoms with van der Waals surface area (Å²) in [6.45, 7) is 8.61. The van der Waals surface area contributed by atoms with E-state index in [4.69, 9.17) is 9.47 Å². The van der Waals surface area contributed by atoms with Crippen molar-refractivity contribution in [2.24, 2.45) is 0 Å². The molecule has 0 N–H and O–H groups in total. The molecule has 0 fully saturated rings. The number of hydrogen-bond acceptors (Lipinski definition) is 5. The van der Waals surface area contributed by atoms with E-state index in [-0.39, 0.29) is 11.8 Å².